The van der Waals surface area contributed by atoms with Crippen molar-refractivity contribution in [2.75, 3.05) is 20.3 Å². The zero-order chi connectivity index (χ0) is 13.0. The van der Waals surface area contributed by atoms with Gasteiger partial charge in [0.15, 0.2) is 0 Å². The lowest BCUT2D eigenvalue weighted by atomic mass is 10.1. The molecule has 3 nitrogen and oxygen atoms in total. The molecule has 1 aromatic carbocycles. The monoisotopic (exact) mass is 313 g/mol. The van der Waals surface area contributed by atoms with Crippen molar-refractivity contribution < 1.29 is 9.47 Å². The van der Waals surface area contributed by atoms with E-state index in [1.54, 1.807) is 0 Å². The molecule has 1 aliphatic heterocycles. The predicted molar refractivity (Wildman–Crippen MR) is 76.1 cm³/mol. The number of hydrogen-bond donors (Lipinski definition) is 1. The van der Waals surface area contributed by atoms with Gasteiger partial charge in [-0.25, -0.2) is 0 Å². The summed E-state index contributed by atoms with van der Waals surface area (Å²) >= 11 is 3.61. The first-order chi connectivity index (χ1) is 8.70. The smallest absolute Gasteiger partial charge is 0.120 e. The van der Waals surface area contributed by atoms with Gasteiger partial charge in [0.05, 0.1) is 13.2 Å². The van der Waals surface area contributed by atoms with E-state index in [0.29, 0.717) is 12.1 Å². The van der Waals surface area contributed by atoms with Crippen molar-refractivity contribution in [3.8, 4) is 5.75 Å². The van der Waals surface area contributed by atoms with Gasteiger partial charge in [0, 0.05) is 23.4 Å². The van der Waals surface area contributed by atoms with Gasteiger partial charge in [-0.05, 0) is 31.7 Å². The predicted octanol–water partition coefficient (Wildman–Crippen LogP) is 3.29. The average Bonchev–Trinajstić information content (AvgIpc) is 2.39. The van der Waals surface area contributed by atoms with Gasteiger partial charge in [0.1, 0.15) is 11.9 Å². The summed E-state index contributed by atoms with van der Waals surface area (Å²) in [5, 5.41) is 3.24. The Balaban J connectivity index is 2.03. The summed E-state index contributed by atoms with van der Waals surface area (Å²) < 4.78 is 12.4. The maximum absolute atomic E-state index is 5.97. The van der Waals surface area contributed by atoms with Crippen LogP contribution in [0.3, 0.4) is 0 Å². The molecule has 0 aliphatic carbocycles. The van der Waals surface area contributed by atoms with Crippen molar-refractivity contribution in [1.82, 2.24) is 5.32 Å². The molecule has 1 fully saturated rings. The summed E-state index contributed by atoms with van der Waals surface area (Å²) in [5.74, 6) is 0.931. The van der Waals surface area contributed by atoms with E-state index in [1.165, 1.54) is 5.56 Å². The minimum atomic E-state index is 0.290. The SMILES string of the molecule is CNC(C)c1ccc(OC2CCOCC2)cc1Br. The third kappa shape index (κ3) is 3.46. The molecule has 0 saturated carbocycles. The van der Waals surface area contributed by atoms with Gasteiger partial charge in [-0.2, -0.15) is 0 Å². The molecular formula is C14H20BrNO2. The number of nitrogens with one attached hydrogen (secondary N) is 1. The van der Waals surface area contributed by atoms with E-state index in [9.17, 15) is 0 Å². The first-order valence-corrected chi connectivity index (χ1v) is 7.21. The topological polar surface area (TPSA) is 30.5 Å². The Morgan fingerprint density at radius 1 is 1.39 bits per heavy atom. The second-order valence-corrected chi connectivity index (χ2v) is 5.48. The molecule has 0 bridgehead atoms. The number of ether oxygens (including phenoxy) is 2. The molecule has 1 aliphatic rings. The maximum Gasteiger partial charge on any atom is 0.120 e. The van der Waals surface area contributed by atoms with Crippen LogP contribution in [0, 0.1) is 0 Å². The molecule has 1 aromatic rings. The van der Waals surface area contributed by atoms with Gasteiger partial charge in [-0.3, -0.25) is 0 Å². The van der Waals surface area contributed by atoms with E-state index in [1.807, 2.05) is 13.1 Å². The van der Waals surface area contributed by atoms with E-state index in [-0.39, 0.29) is 0 Å². The molecule has 0 spiro atoms. The lowest BCUT2D eigenvalue weighted by molar-refractivity contribution is 0.0255. The van der Waals surface area contributed by atoms with Crippen molar-refractivity contribution in [2.45, 2.75) is 31.9 Å². The minimum Gasteiger partial charge on any atom is -0.490 e. The highest BCUT2D eigenvalue weighted by Crippen LogP contribution is 2.28. The Bertz CT molecular complexity index is 391. The second-order valence-electron chi connectivity index (χ2n) is 4.62. The highest BCUT2D eigenvalue weighted by molar-refractivity contribution is 9.10. The minimum absolute atomic E-state index is 0.290. The van der Waals surface area contributed by atoms with E-state index in [2.05, 4.69) is 40.3 Å². The van der Waals surface area contributed by atoms with Crippen molar-refractivity contribution in [3.63, 3.8) is 0 Å². The largest absolute Gasteiger partial charge is 0.490 e. The molecular weight excluding hydrogens is 294 g/mol. The number of halogens is 1. The van der Waals surface area contributed by atoms with Crippen LogP contribution in [0.2, 0.25) is 0 Å². The van der Waals surface area contributed by atoms with Gasteiger partial charge >= 0.3 is 0 Å². The van der Waals surface area contributed by atoms with E-state index in [0.717, 1.165) is 36.3 Å². The molecule has 1 atom stereocenters. The van der Waals surface area contributed by atoms with Gasteiger partial charge in [-0.15, -0.1) is 0 Å². The Kier molecular flexibility index (Phi) is 5.03. The molecule has 18 heavy (non-hydrogen) atoms. The molecule has 1 unspecified atom stereocenters. The first-order valence-electron chi connectivity index (χ1n) is 6.42. The summed E-state index contributed by atoms with van der Waals surface area (Å²) in [6.07, 6.45) is 2.25. The molecule has 2 rings (SSSR count). The third-order valence-corrected chi connectivity index (χ3v) is 4.03. The second kappa shape index (κ2) is 6.55. The molecule has 0 amide bonds. The standard InChI is InChI=1S/C14H20BrNO2/c1-10(16-2)13-4-3-12(9-14(13)15)18-11-5-7-17-8-6-11/h3-4,9-11,16H,5-8H2,1-2H3. The first kappa shape index (κ1) is 13.8. The molecule has 0 aromatic heterocycles. The van der Waals surface area contributed by atoms with Crippen molar-refractivity contribution in [3.05, 3.63) is 28.2 Å². The van der Waals surface area contributed by atoms with Crippen LogP contribution < -0.4 is 10.1 Å². The quantitative estimate of drug-likeness (QED) is 0.925. The van der Waals surface area contributed by atoms with Crippen LogP contribution in [0.25, 0.3) is 0 Å². The van der Waals surface area contributed by atoms with Gasteiger partial charge in [-0.1, -0.05) is 22.0 Å². The third-order valence-electron chi connectivity index (χ3n) is 3.34. The summed E-state index contributed by atoms with van der Waals surface area (Å²) in [6, 6.07) is 6.54. The van der Waals surface area contributed by atoms with Gasteiger partial charge in [0.25, 0.3) is 0 Å². The van der Waals surface area contributed by atoms with Crippen molar-refractivity contribution >= 4 is 15.9 Å². The fourth-order valence-corrected chi connectivity index (χ4v) is 2.78. The molecule has 4 heteroatoms. The summed E-state index contributed by atoms with van der Waals surface area (Å²) in [6.45, 7) is 3.75. The highest BCUT2D eigenvalue weighted by atomic mass is 79.9. The Labute approximate surface area is 117 Å². The molecule has 1 N–H and O–H groups in total. The Morgan fingerprint density at radius 2 is 2.11 bits per heavy atom. The van der Waals surface area contributed by atoms with E-state index in [4.69, 9.17) is 9.47 Å². The Morgan fingerprint density at radius 3 is 2.72 bits per heavy atom. The van der Waals surface area contributed by atoms with Crippen LogP contribution in [0.1, 0.15) is 31.4 Å². The van der Waals surface area contributed by atoms with Gasteiger partial charge in [0.2, 0.25) is 0 Å². The normalized spacial score (nSPS) is 18.6. The number of hydrogen-bond acceptors (Lipinski definition) is 3. The van der Waals surface area contributed by atoms with E-state index < -0.39 is 0 Å². The van der Waals surface area contributed by atoms with Crippen LogP contribution in [-0.2, 0) is 4.74 Å². The molecule has 100 valence electrons. The lowest BCUT2D eigenvalue weighted by Gasteiger charge is -2.24. The number of rotatable bonds is 4. The zero-order valence-corrected chi connectivity index (χ0v) is 12.5. The fraction of sp³-hybridized carbons (Fsp3) is 0.571. The van der Waals surface area contributed by atoms with Crippen LogP contribution >= 0.6 is 15.9 Å². The molecule has 1 saturated heterocycles. The lowest BCUT2D eigenvalue weighted by Crippen LogP contribution is -2.25. The van der Waals surface area contributed by atoms with E-state index >= 15 is 0 Å². The Hall–Kier alpha value is -0.580. The van der Waals surface area contributed by atoms with Crippen LogP contribution in [0.15, 0.2) is 22.7 Å². The highest BCUT2D eigenvalue weighted by Gasteiger charge is 2.16. The van der Waals surface area contributed by atoms with Crippen molar-refractivity contribution in [2.24, 2.45) is 0 Å². The molecule has 1 heterocycles. The van der Waals surface area contributed by atoms with Gasteiger partial charge < -0.3 is 14.8 Å². The summed E-state index contributed by atoms with van der Waals surface area (Å²) in [7, 11) is 1.96. The van der Waals surface area contributed by atoms with Crippen molar-refractivity contribution in [1.29, 1.82) is 0 Å². The summed E-state index contributed by atoms with van der Waals surface area (Å²) in [5.41, 5.74) is 1.25. The summed E-state index contributed by atoms with van der Waals surface area (Å²) in [4.78, 5) is 0. The van der Waals surface area contributed by atoms with Crippen LogP contribution in [0.5, 0.6) is 5.75 Å². The zero-order valence-electron chi connectivity index (χ0n) is 10.9. The maximum atomic E-state index is 5.97. The average molecular weight is 314 g/mol. The van der Waals surface area contributed by atoms with Crippen LogP contribution in [0.4, 0.5) is 0 Å². The fourth-order valence-electron chi connectivity index (χ4n) is 2.07. The molecule has 0 radical (unpaired) electrons. The number of benzene rings is 1. The van der Waals surface area contributed by atoms with Crippen LogP contribution in [-0.4, -0.2) is 26.4 Å².